The molecule has 0 radical (unpaired) electrons. The average Bonchev–Trinajstić information content (AvgIpc) is 2.38. The zero-order chi connectivity index (χ0) is 11.7. The molecule has 0 saturated carbocycles. The molecule has 0 aliphatic rings. The number of halogens is 1. The normalized spacial score (nSPS) is 10.6. The Labute approximate surface area is 103 Å². The first-order chi connectivity index (χ1) is 8.34. The lowest BCUT2D eigenvalue weighted by atomic mass is 10.1. The fraction of sp³-hybridized carbons (Fsp3) is 0. The minimum atomic E-state index is 0.246. The number of nitrogens with zero attached hydrogens (tertiary/aromatic N) is 3. The van der Waals surface area contributed by atoms with Crippen LogP contribution < -0.4 is 0 Å². The van der Waals surface area contributed by atoms with Gasteiger partial charge in [0.15, 0.2) is 0 Å². The van der Waals surface area contributed by atoms with Gasteiger partial charge < -0.3 is 0 Å². The molecule has 1 aromatic carbocycles. The fourth-order valence-corrected chi connectivity index (χ4v) is 1.95. The van der Waals surface area contributed by atoms with Gasteiger partial charge in [-0.3, -0.25) is 4.98 Å². The Kier molecular flexibility index (Phi) is 2.46. The van der Waals surface area contributed by atoms with Crippen LogP contribution >= 0.6 is 11.6 Å². The lowest BCUT2D eigenvalue weighted by Crippen LogP contribution is -1.89. The second kappa shape index (κ2) is 4.11. The van der Waals surface area contributed by atoms with Crippen LogP contribution in [0.25, 0.3) is 22.0 Å². The smallest absolute Gasteiger partial charge is 0.222 e. The van der Waals surface area contributed by atoms with E-state index in [-0.39, 0.29) is 5.28 Å². The van der Waals surface area contributed by atoms with Gasteiger partial charge in [-0.25, -0.2) is 9.97 Å². The molecule has 0 atom stereocenters. The Hall–Kier alpha value is -2.00. The third kappa shape index (κ3) is 1.85. The molecule has 0 bridgehead atoms. The number of rotatable bonds is 1. The molecule has 3 rings (SSSR count). The van der Waals surface area contributed by atoms with Crippen LogP contribution in [0, 0.1) is 0 Å². The molecule has 17 heavy (non-hydrogen) atoms. The monoisotopic (exact) mass is 241 g/mol. The van der Waals surface area contributed by atoms with Gasteiger partial charge in [0.05, 0.1) is 5.69 Å². The summed E-state index contributed by atoms with van der Waals surface area (Å²) in [5, 5.41) is 2.44. The third-order valence-corrected chi connectivity index (χ3v) is 2.75. The van der Waals surface area contributed by atoms with E-state index < -0.39 is 0 Å². The first kappa shape index (κ1) is 10.2. The Morgan fingerprint density at radius 2 is 1.88 bits per heavy atom. The maximum atomic E-state index is 5.80. The summed E-state index contributed by atoms with van der Waals surface area (Å²) in [4.78, 5) is 12.3. The van der Waals surface area contributed by atoms with Crippen molar-refractivity contribution in [3.05, 3.63) is 54.2 Å². The summed E-state index contributed by atoms with van der Waals surface area (Å²) in [6, 6.07) is 9.88. The van der Waals surface area contributed by atoms with E-state index in [1.165, 1.54) is 0 Å². The van der Waals surface area contributed by atoms with E-state index in [1.807, 2.05) is 36.5 Å². The highest BCUT2D eigenvalue weighted by Gasteiger charge is 2.05. The number of hydrogen-bond donors (Lipinski definition) is 0. The van der Waals surface area contributed by atoms with E-state index in [1.54, 1.807) is 12.4 Å². The molecule has 0 N–H and O–H groups in total. The van der Waals surface area contributed by atoms with Crippen molar-refractivity contribution in [3.8, 4) is 11.3 Å². The SMILES string of the molecule is Clc1nccc(-c2cncc3ccccc23)n1. The Morgan fingerprint density at radius 1 is 1.00 bits per heavy atom. The van der Waals surface area contributed by atoms with E-state index in [2.05, 4.69) is 15.0 Å². The van der Waals surface area contributed by atoms with Crippen molar-refractivity contribution in [2.45, 2.75) is 0 Å². The van der Waals surface area contributed by atoms with Crippen molar-refractivity contribution in [3.63, 3.8) is 0 Å². The van der Waals surface area contributed by atoms with E-state index in [0.717, 1.165) is 22.0 Å². The van der Waals surface area contributed by atoms with E-state index in [4.69, 9.17) is 11.6 Å². The predicted octanol–water partition coefficient (Wildman–Crippen LogP) is 3.35. The zero-order valence-electron chi connectivity index (χ0n) is 8.84. The Balaban J connectivity index is 2.30. The number of benzene rings is 1. The highest BCUT2D eigenvalue weighted by molar-refractivity contribution is 6.28. The molecule has 3 aromatic rings. The first-order valence-corrected chi connectivity index (χ1v) is 5.54. The molecule has 3 nitrogen and oxygen atoms in total. The molecular weight excluding hydrogens is 234 g/mol. The fourth-order valence-electron chi connectivity index (χ4n) is 1.81. The maximum Gasteiger partial charge on any atom is 0.222 e. The quantitative estimate of drug-likeness (QED) is 0.614. The van der Waals surface area contributed by atoms with Crippen LogP contribution in [-0.2, 0) is 0 Å². The van der Waals surface area contributed by atoms with Gasteiger partial charge in [-0.1, -0.05) is 24.3 Å². The van der Waals surface area contributed by atoms with E-state index in [9.17, 15) is 0 Å². The molecule has 2 heterocycles. The standard InChI is InChI=1S/C13H8ClN3/c14-13-16-6-5-12(17-13)11-8-15-7-9-3-1-2-4-10(9)11/h1-8H. The van der Waals surface area contributed by atoms with Gasteiger partial charge in [0.1, 0.15) is 0 Å². The third-order valence-electron chi connectivity index (χ3n) is 2.57. The van der Waals surface area contributed by atoms with Crippen LogP contribution in [0.1, 0.15) is 0 Å². The topological polar surface area (TPSA) is 38.7 Å². The first-order valence-electron chi connectivity index (χ1n) is 5.16. The summed E-state index contributed by atoms with van der Waals surface area (Å²) in [6.45, 7) is 0. The molecule has 0 fully saturated rings. The molecule has 0 aliphatic carbocycles. The van der Waals surface area contributed by atoms with Crippen molar-refractivity contribution >= 4 is 22.4 Å². The van der Waals surface area contributed by atoms with Gasteiger partial charge >= 0.3 is 0 Å². The number of hydrogen-bond acceptors (Lipinski definition) is 3. The molecule has 0 saturated heterocycles. The molecule has 0 aliphatic heterocycles. The van der Waals surface area contributed by atoms with Crippen molar-refractivity contribution < 1.29 is 0 Å². The van der Waals surface area contributed by atoms with Gasteiger partial charge in [-0.2, -0.15) is 0 Å². The van der Waals surface area contributed by atoms with Gasteiger partial charge in [0.25, 0.3) is 0 Å². The van der Waals surface area contributed by atoms with Crippen LogP contribution in [-0.4, -0.2) is 15.0 Å². The number of aromatic nitrogens is 3. The van der Waals surface area contributed by atoms with Crippen molar-refractivity contribution in [2.75, 3.05) is 0 Å². The minimum absolute atomic E-state index is 0.246. The van der Waals surface area contributed by atoms with Crippen LogP contribution in [0.15, 0.2) is 48.9 Å². The zero-order valence-corrected chi connectivity index (χ0v) is 9.59. The second-order valence-corrected chi connectivity index (χ2v) is 3.96. The average molecular weight is 242 g/mol. The number of pyridine rings is 1. The summed E-state index contributed by atoms with van der Waals surface area (Å²) in [5.41, 5.74) is 1.75. The van der Waals surface area contributed by atoms with Crippen molar-refractivity contribution in [1.82, 2.24) is 15.0 Å². The molecule has 0 unspecified atom stereocenters. The van der Waals surface area contributed by atoms with E-state index >= 15 is 0 Å². The molecular formula is C13H8ClN3. The predicted molar refractivity (Wildman–Crippen MR) is 67.8 cm³/mol. The van der Waals surface area contributed by atoms with Gasteiger partial charge in [0, 0.05) is 29.5 Å². The summed E-state index contributed by atoms with van der Waals surface area (Å²) in [7, 11) is 0. The highest BCUT2D eigenvalue weighted by atomic mass is 35.5. The van der Waals surface area contributed by atoms with Gasteiger partial charge in [-0.05, 0) is 23.1 Å². The summed E-state index contributed by atoms with van der Waals surface area (Å²) in [6.07, 6.45) is 5.27. The lowest BCUT2D eigenvalue weighted by molar-refractivity contribution is 1.17. The lowest BCUT2D eigenvalue weighted by Gasteiger charge is -2.04. The highest BCUT2D eigenvalue weighted by Crippen LogP contribution is 2.26. The minimum Gasteiger partial charge on any atom is -0.263 e. The second-order valence-electron chi connectivity index (χ2n) is 3.62. The van der Waals surface area contributed by atoms with Crippen LogP contribution in [0.2, 0.25) is 5.28 Å². The van der Waals surface area contributed by atoms with Gasteiger partial charge in [-0.15, -0.1) is 0 Å². The van der Waals surface area contributed by atoms with E-state index in [0.29, 0.717) is 0 Å². The van der Waals surface area contributed by atoms with Crippen LogP contribution in [0.3, 0.4) is 0 Å². The number of fused-ring (bicyclic) bond motifs is 1. The molecule has 2 aromatic heterocycles. The van der Waals surface area contributed by atoms with Crippen LogP contribution in [0.5, 0.6) is 0 Å². The molecule has 82 valence electrons. The van der Waals surface area contributed by atoms with Crippen LogP contribution in [0.4, 0.5) is 0 Å². The van der Waals surface area contributed by atoms with Crippen molar-refractivity contribution in [1.29, 1.82) is 0 Å². The summed E-state index contributed by atoms with van der Waals surface area (Å²) in [5.74, 6) is 0. The maximum absolute atomic E-state index is 5.80. The van der Waals surface area contributed by atoms with Crippen molar-refractivity contribution in [2.24, 2.45) is 0 Å². The van der Waals surface area contributed by atoms with Gasteiger partial charge in [0.2, 0.25) is 5.28 Å². The summed E-state index contributed by atoms with van der Waals surface area (Å²) < 4.78 is 0. The molecule has 0 spiro atoms. The largest absolute Gasteiger partial charge is 0.263 e. The molecule has 0 amide bonds. The Bertz CT molecular complexity index is 677. The Morgan fingerprint density at radius 3 is 2.76 bits per heavy atom. The summed E-state index contributed by atoms with van der Waals surface area (Å²) >= 11 is 5.80. The molecule has 4 heteroatoms.